The molecule has 0 bridgehead atoms. The van der Waals surface area contributed by atoms with E-state index in [-0.39, 0.29) is 0 Å². The molecule has 0 aliphatic carbocycles. The van der Waals surface area contributed by atoms with Crippen molar-refractivity contribution < 1.29 is 4.79 Å². The Balaban J connectivity index is 2.86. The monoisotopic (exact) mass is 161 g/mol. The van der Waals surface area contributed by atoms with Crippen LogP contribution in [0.3, 0.4) is 0 Å². The highest BCUT2D eigenvalue weighted by Crippen LogP contribution is 2.04. The van der Waals surface area contributed by atoms with Gasteiger partial charge in [-0.05, 0) is 6.92 Å². The summed E-state index contributed by atoms with van der Waals surface area (Å²) >= 11 is 0. The van der Waals surface area contributed by atoms with Gasteiger partial charge in [0.2, 0.25) is 0 Å². The molecule has 2 aromatic rings. The average Bonchev–Trinajstić information content (AvgIpc) is 2.44. The van der Waals surface area contributed by atoms with E-state index in [1.54, 1.807) is 16.8 Å². The Kier molecular flexibility index (Phi) is 1.40. The lowest BCUT2D eigenvalue weighted by Crippen LogP contribution is -1.94. The van der Waals surface area contributed by atoms with Crippen LogP contribution in [0.2, 0.25) is 0 Å². The van der Waals surface area contributed by atoms with Gasteiger partial charge >= 0.3 is 0 Å². The van der Waals surface area contributed by atoms with Crippen LogP contribution >= 0.6 is 0 Å². The number of carbonyl (C=O) groups is 1. The van der Waals surface area contributed by atoms with Gasteiger partial charge in [0.05, 0.1) is 18.1 Å². The molecule has 4 heteroatoms. The van der Waals surface area contributed by atoms with E-state index in [4.69, 9.17) is 0 Å². The van der Waals surface area contributed by atoms with E-state index in [0.29, 0.717) is 11.3 Å². The molecule has 0 aliphatic heterocycles. The first kappa shape index (κ1) is 6.97. The molecule has 0 spiro atoms. The standard InChI is InChI=1S/C8H7N3O/c1-6-4-11-7(5-12)2-9-3-8(11)10-6/h2-5H,1H3. The number of carbonyl (C=O) groups excluding carboxylic acids is 1. The topological polar surface area (TPSA) is 47.3 Å². The zero-order valence-corrected chi connectivity index (χ0v) is 6.56. The number of imidazole rings is 1. The average molecular weight is 161 g/mol. The maximum Gasteiger partial charge on any atom is 0.168 e. The Morgan fingerprint density at radius 1 is 1.50 bits per heavy atom. The molecule has 12 heavy (non-hydrogen) atoms. The van der Waals surface area contributed by atoms with E-state index in [1.807, 2.05) is 6.92 Å². The molecule has 0 unspecified atom stereocenters. The Bertz CT molecular complexity index is 433. The molecule has 0 aliphatic rings. The fraction of sp³-hybridized carbons (Fsp3) is 0.125. The quantitative estimate of drug-likeness (QED) is 0.582. The minimum Gasteiger partial charge on any atom is -0.296 e. The summed E-state index contributed by atoms with van der Waals surface area (Å²) in [6.45, 7) is 1.88. The first-order valence-electron chi connectivity index (χ1n) is 3.56. The van der Waals surface area contributed by atoms with Gasteiger partial charge in [-0.1, -0.05) is 0 Å². The molecule has 0 N–H and O–H groups in total. The van der Waals surface area contributed by atoms with Gasteiger partial charge < -0.3 is 0 Å². The first-order chi connectivity index (χ1) is 5.81. The van der Waals surface area contributed by atoms with E-state index in [1.165, 1.54) is 6.20 Å². The summed E-state index contributed by atoms with van der Waals surface area (Å²) in [7, 11) is 0. The van der Waals surface area contributed by atoms with Crippen LogP contribution in [0.4, 0.5) is 0 Å². The molecule has 2 heterocycles. The molecule has 0 saturated carbocycles. The smallest absolute Gasteiger partial charge is 0.168 e. The van der Waals surface area contributed by atoms with Crippen LogP contribution in [0.25, 0.3) is 5.65 Å². The number of aryl methyl sites for hydroxylation is 1. The van der Waals surface area contributed by atoms with Crippen molar-refractivity contribution in [3.8, 4) is 0 Å². The third-order valence-electron chi connectivity index (χ3n) is 1.65. The maximum atomic E-state index is 10.5. The van der Waals surface area contributed by atoms with Crippen molar-refractivity contribution in [2.45, 2.75) is 6.92 Å². The second-order valence-corrected chi connectivity index (χ2v) is 2.56. The Labute approximate surface area is 68.9 Å². The molecule has 0 fully saturated rings. The third-order valence-corrected chi connectivity index (χ3v) is 1.65. The normalized spacial score (nSPS) is 10.4. The second-order valence-electron chi connectivity index (χ2n) is 2.56. The summed E-state index contributed by atoms with van der Waals surface area (Å²) in [5, 5.41) is 0. The fourth-order valence-electron chi connectivity index (χ4n) is 1.14. The Hall–Kier alpha value is -1.71. The molecule has 4 nitrogen and oxygen atoms in total. The van der Waals surface area contributed by atoms with E-state index in [2.05, 4.69) is 9.97 Å². The molecule has 0 aromatic carbocycles. The van der Waals surface area contributed by atoms with Crippen LogP contribution in [0.5, 0.6) is 0 Å². The highest BCUT2D eigenvalue weighted by Gasteiger charge is 2.00. The first-order valence-corrected chi connectivity index (χ1v) is 3.56. The number of hydrogen-bond donors (Lipinski definition) is 0. The molecule has 0 radical (unpaired) electrons. The minimum atomic E-state index is 0.521. The van der Waals surface area contributed by atoms with Gasteiger partial charge in [-0.15, -0.1) is 0 Å². The zero-order valence-electron chi connectivity index (χ0n) is 6.56. The lowest BCUT2D eigenvalue weighted by atomic mass is 10.5. The van der Waals surface area contributed by atoms with Crippen molar-refractivity contribution >= 4 is 11.9 Å². The van der Waals surface area contributed by atoms with Gasteiger partial charge in [0, 0.05) is 6.20 Å². The summed E-state index contributed by atoms with van der Waals surface area (Å²) in [6.07, 6.45) is 5.71. The van der Waals surface area contributed by atoms with E-state index < -0.39 is 0 Å². The summed E-state index contributed by atoms with van der Waals surface area (Å²) in [6, 6.07) is 0. The van der Waals surface area contributed by atoms with Crippen LogP contribution in [-0.2, 0) is 0 Å². The van der Waals surface area contributed by atoms with E-state index >= 15 is 0 Å². The highest BCUT2D eigenvalue weighted by atomic mass is 16.1. The maximum absolute atomic E-state index is 10.5. The number of aromatic nitrogens is 3. The molecule has 0 saturated heterocycles. The van der Waals surface area contributed by atoms with Crippen LogP contribution in [-0.4, -0.2) is 20.7 Å². The van der Waals surface area contributed by atoms with Gasteiger partial charge in [0.1, 0.15) is 5.69 Å². The van der Waals surface area contributed by atoms with Crippen molar-refractivity contribution in [3.63, 3.8) is 0 Å². The lowest BCUT2D eigenvalue weighted by molar-refractivity contribution is 0.111. The highest BCUT2D eigenvalue weighted by molar-refractivity contribution is 5.73. The van der Waals surface area contributed by atoms with Crippen molar-refractivity contribution in [2.75, 3.05) is 0 Å². The Morgan fingerprint density at radius 3 is 3.08 bits per heavy atom. The van der Waals surface area contributed by atoms with Gasteiger partial charge in [0.25, 0.3) is 0 Å². The Morgan fingerprint density at radius 2 is 2.33 bits per heavy atom. The van der Waals surface area contributed by atoms with Gasteiger partial charge in [-0.3, -0.25) is 14.2 Å². The molecular weight excluding hydrogens is 154 g/mol. The summed E-state index contributed by atoms with van der Waals surface area (Å²) in [4.78, 5) is 18.6. The molecule has 60 valence electrons. The molecule has 2 rings (SSSR count). The number of hydrogen-bond acceptors (Lipinski definition) is 3. The molecule has 2 aromatic heterocycles. The predicted molar refractivity (Wildman–Crippen MR) is 43.1 cm³/mol. The molecular formula is C8H7N3O. The van der Waals surface area contributed by atoms with Gasteiger partial charge in [0.15, 0.2) is 11.9 Å². The summed E-state index contributed by atoms with van der Waals surface area (Å²) in [5.41, 5.74) is 2.11. The lowest BCUT2D eigenvalue weighted by Gasteiger charge is -1.93. The molecule has 0 amide bonds. The van der Waals surface area contributed by atoms with Crippen LogP contribution in [0.1, 0.15) is 16.2 Å². The van der Waals surface area contributed by atoms with E-state index in [9.17, 15) is 4.79 Å². The summed E-state index contributed by atoms with van der Waals surface area (Å²) < 4.78 is 1.72. The summed E-state index contributed by atoms with van der Waals surface area (Å²) in [5.74, 6) is 0. The number of fused-ring (bicyclic) bond motifs is 1. The SMILES string of the molecule is Cc1cn2c(C=O)cncc2n1. The van der Waals surface area contributed by atoms with Crippen molar-refractivity contribution in [2.24, 2.45) is 0 Å². The van der Waals surface area contributed by atoms with Crippen LogP contribution in [0, 0.1) is 6.92 Å². The van der Waals surface area contributed by atoms with Crippen LogP contribution < -0.4 is 0 Å². The van der Waals surface area contributed by atoms with Crippen LogP contribution in [0.15, 0.2) is 18.6 Å². The zero-order chi connectivity index (χ0) is 8.55. The van der Waals surface area contributed by atoms with E-state index in [0.717, 1.165) is 12.0 Å². The van der Waals surface area contributed by atoms with Gasteiger partial charge in [-0.25, -0.2) is 4.98 Å². The third kappa shape index (κ3) is 0.887. The number of nitrogens with zero attached hydrogens (tertiary/aromatic N) is 3. The van der Waals surface area contributed by atoms with Crippen molar-refractivity contribution in [3.05, 3.63) is 30.0 Å². The predicted octanol–water partition coefficient (Wildman–Crippen LogP) is 0.850. The molecule has 0 atom stereocenters. The van der Waals surface area contributed by atoms with Crippen molar-refractivity contribution in [1.82, 2.24) is 14.4 Å². The minimum absolute atomic E-state index is 0.521. The van der Waals surface area contributed by atoms with Gasteiger partial charge in [-0.2, -0.15) is 0 Å². The second kappa shape index (κ2) is 2.41. The largest absolute Gasteiger partial charge is 0.296 e. The van der Waals surface area contributed by atoms with Crippen molar-refractivity contribution in [1.29, 1.82) is 0 Å². The number of rotatable bonds is 1. The fourth-order valence-corrected chi connectivity index (χ4v) is 1.14. The number of aldehydes is 1.